The molecule has 0 saturated carbocycles. The van der Waals surface area contributed by atoms with Gasteiger partial charge in [0.2, 0.25) is 0 Å². The normalized spacial score (nSPS) is 16.6. The van der Waals surface area contributed by atoms with Crippen LogP contribution in [0.4, 0.5) is 13.4 Å². The second-order valence-electron chi connectivity index (χ2n) is 4.45. The Morgan fingerprint density at radius 1 is 1.21 bits per heavy atom. The molecule has 1 amide bonds. The second kappa shape index (κ2) is 3.92. The SMILES string of the molecule is C[Si](C)C(F)(C(=O)N(F)F)C(C)(C)C. The third-order valence-corrected chi connectivity index (χ3v) is 4.51. The number of alkyl halides is 1. The van der Waals surface area contributed by atoms with Crippen LogP contribution >= 0.6 is 0 Å². The molecule has 0 rings (SSSR count). The van der Waals surface area contributed by atoms with E-state index in [9.17, 15) is 18.1 Å². The first-order valence-electron chi connectivity index (χ1n) is 4.20. The Morgan fingerprint density at radius 2 is 1.57 bits per heavy atom. The molecule has 83 valence electrons. The standard InChI is InChI=1S/C8H15F3NOSi/c1-7(2,3)8(9,14(4)5)6(13)12(10)11/h1-5H3. The van der Waals surface area contributed by atoms with Gasteiger partial charge in [0.25, 0.3) is 0 Å². The molecule has 0 aliphatic carbocycles. The number of rotatable bonds is 2. The summed E-state index contributed by atoms with van der Waals surface area (Å²) < 4.78 is 38.4. The smallest absolute Gasteiger partial charge is 0.266 e. The van der Waals surface area contributed by atoms with Gasteiger partial charge in [-0.2, -0.15) is 0 Å². The lowest BCUT2D eigenvalue weighted by atomic mass is 9.89. The first kappa shape index (κ1) is 13.5. The maximum atomic E-state index is 14.2. The van der Waals surface area contributed by atoms with Crippen molar-refractivity contribution < 1.29 is 18.1 Å². The first-order chi connectivity index (χ1) is 6.05. The van der Waals surface area contributed by atoms with Crippen LogP contribution in [0.5, 0.6) is 0 Å². The predicted molar refractivity (Wildman–Crippen MR) is 49.8 cm³/mol. The summed E-state index contributed by atoms with van der Waals surface area (Å²) in [4.78, 5) is 11.1. The molecule has 0 aliphatic heterocycles. The fourth-order valence-corrected chi connectivity index (χ4v) is 3.41. The summed E-state index contributed by atoms with van der Waals surface area (Å²) in [5.74, 6) is -1.73. The van der Waals surface area contributed by atoms with Crippen molar-refractivity contribution in [3.63, 3.8) is 0 Å². The van der Waals surface area contributed by atoms with Gasteiger partial charge in [-0.15, -0.1) is 0 Å². The van der Waals surface area contributed by atoms with Crippen LogP contribution in [0.25, 0.3) is 0 Å². The molecule has 1 radical (unpaired) electrons. The van der Waals surface area contributed by atoms with E-state index in [1.54, 1.807) is 0 Å². The number of nitrogens with zero attached hydrogens (tertiary/aromatic N) is 1. The first-order valence-corrected chi connectivity index (χ1v) is 6.70. The fraction of sp³-hybridized carbons (Fsp3) is 0.875. The summed E-state index contributed by atoms with van der Waals surface area (Å²) in [6, 6.07) is 0. The fourth-order valence-electron chi connectivity index (χ4n) is 1.40. The Hall–Kier alpha value is -0.523. The average Bonchev–Trinajstić information content (AvgIpc) is 1.98. The van der Waals surface area contributed by atoms with Gasteiger partial charge in [0.1, 0.15) is 8.80 Å². The molecule has 2 nitrogen and oxygen atoms in total. The summed E-state index contributed by atoms with van der Waals surface area (Å²) in [5.41, 5.74) is -1.11. The van der Waals surface area contributed by atoms with Gasteiger partial charge >= 0.3 is 5.91 Å². The van der Waals surface area contributed by atoms with Crippen molar-refractivity contribution in [3.8, 4) is 0 Å². The molecule has 0 spiro atoms. The molecule has 14 heavy (non-hydrogen) atoms. The third-order valence-electron chi connectivity index (χ3n) is 2.17. The number of hydrogen-bond donors (Lipinski definition) is 0. The molecule has 0 aliphatic rings. The van der Waals surface area contributed by atoms with Crippen molar-refractivity contribution in [1.29, 1.82) is 0 Å². The van der Waals surface area contributed by atoms with E-state index in [1.807, 2.05) is 0 Å². The Balaban J connectivity index is 5.23. The molecule has 0 bridgehead atoms. The quantitative estimate of drug-likeness (QED) is 0.523. The molecule has 0 aromatic heterocycles. The predicted octanol–water partition coefficient (Wildman–Crippen LogP) is 2.63. The van der Waals surface area contributed by atoms with Gasteiger partial charge in [0.05, 0.1) is 0 Å². The average molecular weight is 226 g/mol. The highest BCUT2D eigenvalue weighted by molar-refractivity contribution is 6.64. The topological polar surface area (TPSA) is 20.3 Å². The van der Waals surface area contributed by atoms with Gasteiger partial charge in [0, 0.05) is 5.41 Å². The van der Waals surface area contributed by atoms with Crippen LogP contribution < -0.4 is 0 Å². The van der Waals surface area contributed by atoms with Gasteiger partial charge in [-0.3, -0.25) is 4.79 Å². The van der Waals surface area contributed by atoms with E-state index in [4.69, 9.17) is 0 Å². The lowest BCUT2D eigenvalue weighted by Crippen LogP contribution is -2.58. The van der Waals surface area contributed by atoms with Gasteiger partial charge in [-0.05, 0) is 5.34 Å². The number of carbonyl (C=O) groups is 1. The molecule has 0 heterocycles. The highest BCUT2D eigenvalue weighted by Crippen LogP contribution is 2.38. The maximum Gasteiger partial charge on any atom is 0.317 e. The van der Waals surface area contributed by atoms with Crippen LogP contribution in [0.1, 0.15) is 20.8 Å². The Labute approximate surface area is 83.6 Å². The summed E-state index contributed by atoms with van der Waals surface area (Å²) in [7, 11) is -1.81. The van der Waals surface area contributed by atoms with E-state index >= 15 is 0 Å². The molecule has 6 heteroatoms. The number of halogens is 3. The minimum Gasteiger partial charge on any atom is -0.266 e. The van der Waals surface area contributed by atoms with E-state index < -0.39 is 30.8 Å². The Bertz CT molecular complexity index is 227. The van der Waals surface area contributed by atoms with Crippen molar-refractivity contribution >= 4 is 14.7 Å². The molecule has 0 saturated heterocycles. The molecule has 1 unspecified atom stereocenters. The van der Waals surface area contributed by atoms with Crippen molar-refractivity contribution in [1.82, 2.24) is 5.34 Å². The van der Waals surface area contributed by atoms with E-state index in [2.05, 4.69) is 0 Å². The zero-order valence-electron chi connectivity index (χ0n) is 8.99. The highest BCUT2D eigenvalue weighted by atomic mass is 28.3. The number of carbonyl (C=O) groups excluding carboxylic acids is 1. The lowest BCUT2D eigenvalue weighted by Gasteiger charge is -2.38. The van der Waals surface area contributed by atoms with Crippen LogP contribution in [0.3, 0.4) is 0 Å². The zero-order valence-corrected chi connectivity index (χ0v) is 9.99. The number of amides is 1. The molecule has 1 atom stereocenters. The molecule has 0 aromatic carbocycles. The third kappa shape index (κ3) is 2.10. The van der Waals surface area contributed by atoms with Gasteiger partial charge in [-0.25, -0.2) is 4.39 Å². The Morgan fingerprint density at radius 3 is 1.64 bits per heavy atom. The van der Waals surface area contributed by atoms with Crippen LogP contribution in [0.15, 0.2) is 0 Å². The minimum atomic E-state index is -2.44. The summed E-state index contributed by atoms with van der Waals surface area (Å²) in [6.07, 6.45) is 0. The van der Waals surface area contributed by atoms with Crippen molar-refractivity contribution in [2.45, 2.75) is 39.2 Å². The Kier molecular flexibility index (Phi) is 3.77. The maximum absolute atomic E-state index is 14.2. The second-order valence-corrected chi connectivity index (χ2v) is 7.14. The van der Waals surface area contributed by atoms with Gasteiger partial charge < -0.3 is 0 Å². The van der Waals surface area contributed by atoms with Crippen molar-refractivity contribution in [2.24, 2.45) is 5.41 Å². The molecular weight excluding hydrogens is 211 g/mol. The molecule has 0 aromatic rings. The molecular formula is C8H15F3NOSi. The van der Waals surface area contributed by atoms with E-state index in [1.165, 1.54) is 33.9 Å². The zero-order chi connectivity index (χ0) is 11.7. The van der Waals surface area contributed by atoms with Crippen LogP contribution in [-0.4, -0.2) is 25.3 Å². The van der Waals surface area contributed by atoms with Crippen molar-refractivity contribution in [2.75, 3.05) is 0 Å². The van der Waals surface area contributed by atoms with Crippen LogP contribution in [0.2, 0.25) is 13.1 Å². The lowest BCUT2D eigenvalue weighted by molar-refractivity contribution is -0.200. The summed E-state index contributed by atoms with van der Waals surface area (Å²) in [6.45, 7) is 7.37. The summed E-state index contributed by atoms with van der Waals surface area (Å²) in [5, 5.41) is -4.09. The largest absolute Gasteiger partial charge is 0.317 e. The van der Waals surface area contributed by atoms with Gasteiger partial charge in [0.15, 0.2) is 5.29 Å². The van der Waals surface area contributed by atoms with Crippen LogP contribution in [0, 0.1) is 5.41 Å². The van der Waals surface area contributed by atoms with E-state index in [0.717, 1.165) is 0 Å². The highest BCUT2D eigenvalue weighted by Gasteiger charge is 2.55. The van der Waals surface area contributed by atoms with E-state index in [-0.39, 0.29) is 0 Å². The number of hydrogen-bond acceptors (Lipinski definition) is 1. The van der Waals surface area contributed by atoms with Crippen molar-refractivity contribution in [3.05, 3.63) is 0 Å². The monoisotopic (exact) mass is 226 g/mol. The minimum absolute atomic E-state index is 1.11. The summed E-state index contributed by atoms with van der Waals surface area (Å²) >= 11 is 0. The molecule has 0 fully saturated rings. The van der Waals surface area contributed by atoms with Gasteiger partial charge in [-0.1, -0.05) is 42.8 Å². The van der Waals surface area contributed by atoms with E-state index in [0.29, 0.717) is 0 Å². The van der Waals surface area contributed by atoms with Crippen LogP contribution in [-0.2, 0) is 4.79 Å². The molecule has 0 N–H and O–H groups in total.